The summed E-state index contributed by atoms with van der Waals surface area (Å²) in [6.45, 7) is -0.801. The minimum absolute atomic E-state index is 0.0419. The minimum Gasteiger partial charge on any atom is -0.493 e. The van der Waals surface area contributed by atoms with E-state index in [1.54, 1.807) is 18.2 Å². The maximum absolute atomic E-state index is 14.7. The van der Waals surface area contributed by atoms with Crippen LogP contribution in [0.4, 0.5) is 10.1 Å². The quantitative estimate of drug-likeness (QED) is 0.144. The van der Waals surface area contributed by atoms with E-state index < -0.39 is 34.3 Å². The highest BCUT2D eigenvalue weighted by atomic mass is 35.5. The molecule has 1 fully saturated rings. The van der Waals surface area contributed by atoms with E-state index in [1.807, 2.05) is 30.3 Å². The molecule has 5 rings (SSSR count). The molecule has 1 atom stereocenters. The van der Waals surface area contributed by atoms with Gasteiger partial charge in [-0.1, -0.05) is 78.9 Å². The Bertz CT molecular complexity index is 1930. The number of hydrogen-bond acceptors (Lipinski definition) is 6. The molecular weight excluding hydrogens is 716 g/mol. The Balaban J connectivity index is 1.59. The number of halogens is 3. The van der Waals surface area contributed by atoms with E-state index >= 15 is 0 Å². The fraction of sp³-hybridized carbons (Fsp3) is 0.316. The molecule has 1 saturated carbocycles. The van der Waals surface area contributed by atoms with Crippen LogP contribution in [0.3, 0.4) is 0 Å². The number of nitrogens with one attached hydrogen (secondary N) is 1. The first kappa shape index (κ1) is 37.9. The van der Waals surface area contributed by atoms with E-state index in [0.717, 1.165) is 54.1 Å². The predicted molar refractivity (Wildman–Crippen MR) is 196 cm³/mol. The molecule has 4 aromatic carbocycles. The molecule has 1 aliphatic rings. The second-order valence-electron chi connectivity index (χ2n) is 12.3. The van der Waals surface area contributed by atoms with Crippen LogP contribution in [0.2, 0.25) is 10.0 Å². The summed E-state index contributed by atoms with van der Waals surface area (Å²) in [6.07, 6.45) is 4.88. The largest absolute Gasteiger partial charge is 0.493 e. The first-order chi connectivity index (χ1) is 24.5. The summed E-state index contributed by atoms with van der Waals surface area (Å²) in [5.74, 6) is -1.14. The van der Waals surface area contributed by atoms with Gasteiger partial charge >= 0.3 is 0 Å². The number of anilines is 1. The Morgan fingerprint density at radius 2 is 1.53 bits per heavy atom. The summed E-state index contributed by atoms with van der Waals surface area (Å²) in [5, 5.41) is 3.75. The van der Waals surface area contributed by atoms with Gasteiger partial charge in [0, 0.05) is 25.1 Å². The topological polar surface area (TPSA) is 105 Å². The van der Waals surface area contributed by atoms with Gasteiger partial charge in [-0.3, -0.25) is 13.9 Å². The summed E-state index contributed by atoms with van der Waals surface area (Å²) in [6, 6.07) is 22.0. The molecule has 0 heterocycles. The third-order valence-electron chi connectivity index (χ3n) is 8.90. The number of ether oxygens (including phenoxy) is 2. The second-order valence-corrected chi connectivity index (χ2v) is 15.0. The molecule has 2 amide bonds. The minimum atomic E-state index is -4.48. The lowest BCUT2D eigenvalue weighted by Crippen LogP contribution is -2.55. The van der Waals surface area contributed by atoms with Crippen LogP contribution in [0.15, 0.2) is 95.9 Å². The molecule has 1 N–H and O–H groups in total. The predicted octanol–water partition coefficient (Wildman–Crippen LogP) is 7.43. The molecule has 0 radical (unpaired) electrons. The fourth-order valence-corrected chi connectivity index (χ4v) is 7.92. The average molecular weight is 757 g/mol. The summed E-state index contributed by atoms with van der Waals surface area (Å²) in [4.78, 5) is 30.2. The zero-order chi connectivity index (χ0) is 36.5. The van der Waals surface area contributed by atoms with Crippen molar-refractivity contribution < 1.29 is 31.9 Å². The average Bonchev–Trinajstić information content (AvgIpc) is 3.14. The SMILES string of the molecule is COc1ccc(S(=O)(=O)N(CC(=O)N(Cc2ccc(Cl)c(Cl)c2)[C@@H](Cc2ccccc2)C(=O)NC2CCCCC2)c2ccc(F)cc2)cc1OC. The first-order valence-corrected chi connectivity index (χ1v) is 18.8. The van der Waals surface area contributed by atoms with Gasteiger partial charge in [-0.25, -0.2) is 12.8 Å². The standard InChI is InChI=1S/C38H40Cl2FN3O6S/c1-49-35-20-18-31(23-36(35)50-2)51(47,48)44(30-16-14-28(41)15-17-30)25-37(45)43(24-27-13-19-32(39)33(40)21-27)34(22-26-9-5-3-6-10-26)38(46)42-29-11-7-4-8-12-29/h3,5-6,9-10,13-21,23,29,34H,4,7-8,11-12,22,24-25H2,1-2H3,(H,42,46)/t34-/m0/s1. The van der Waals surface area contributed by atoms with Gasteiger partial charge in [0.05, 0.1) is 34.8 Å². The zero-order valence-corrected chi connectivity index (χ0v) is 30.7. The van der Waals surface area contributed by atoms with E-state index in [0.29, 0.717) is 16.3 Å². The van der Waals surface area contributed by atoms with Crippen molar-refractivity contribution in [3.8, 4) is 11.5 Å². The van der Waals surface area contributed by atoms with Crippen LogP contribution in [0.1, 0.15) is 43.2 Å². The fourth-order valence-electron chi connectivity index (χ4n) is 6.17. The lowest BCUT2D eigenvalue weighted by molar-refractivity contribution is -0.140. The number of carbonyl (C=O) groups excluding carboxylic acids is 2. The van der Waals surface area contributed by atoms with Crippen molar-refractivity contribution in [2.45, 2.75) is 62.0 Å². The summed E-state index contributed by atoms with van der Waals surface area (Å²) in [5.41, 5.74) is 1.43. The maximum atomic E-state index is 14.7. The Morgan fingerprint density at radius 1 is 0.843 bits per heavy atom. The van der Waals surface area contributed by atoms with Crippen molar-refractivity contribution in [1.29, 1.82) is 0 Å². The van der Waals surface area contributed by atoms with Crippen LogP contribution in [0, 0.1) is 5.82 Å². The van der Waals surface area contributed by atoms with E-state index in [9.17, 15) is 22.4 Å². The molecule has 9 nitrogen and oxygen atoms in total. The molecule has 0 aromatic heterocycles. The molecule has 0 saturated heterocycles. The number of methoxy groups -OCH3 is 2. The highest BCUT2D eigenvalue weighted by Crippen LogP contribution is 2.33. The van der Waals surface area contributed by atoms with Crippen LogP contribution in [-0.2, 0) is 32.6 Å². The summed E-state index contributed by atoms with van der Waals surface area (Å²) < 4.78 is 54.4. The second kappa shape index (κ2) is 17.3. The lowest BCUT2D eigenvalue weighted by Gasteiger charge is -2.35. The smallest absolute Gasteiger partial charge is 0.264 e. The highest BCUT2D eigenvalue weighted by Gasteiger charge is 2.36. The van der Waals surface area contributed by atoms with Crippen LogP contribution in [-0.4, -0.2) is 58.0 Å². The van der Waals surface area contributed by atoms with Crippen molar-refractivity contribution in [3.63, 3.8) is 0 Å². The summed E-state index contributed by atoms with van der Waals surface area (Å²) >= 11 is 12.6. The van der Waals surface area contributed by atoms with Gasteiger partial charge in [-0.15, -0.1) is 0 Å². The molecule has 0 unspecified atom stereocenters. The van der Waals surface area contributed by atoms with E-state index in [-0.39, 0.29) is 46.3 Å². The van der Waals surface area contributed by atoms with Gasteiger partial charge < -0.3 is 19.7 Å². The number of carbonyl (C=O) groups is 2. The molecule has 4 aromatic rings. The monoisotopic (exact) mass is 755 g/mol. The molecule has 0 bridgehead atoms. The van der Waals surface area contributed by atoms with Gasteiger partial charge in [0.1, 0.15) is 18.4 Å². The van der Waals surface area contributed by atoms with Crippen LogP contribution in [0.25, 0.3) is 0 Å². The maximum Gasteiger partial charge on any atom is 0.264 e. The zero-order valence-electron chi connectivity index (χ0n) is 28.4. The number of hydrogen-bond donors (Lipinski definition) is 1. The Morgan fingerprint density at radius 3 is 2.18 bits per heavy atom. The van der Waals surface area contributed by atoms with E-state index in [2.05, 4.69) is 5.32 Å². The number of nitrogens with zero attached hydrogens (tertiary/aromatic N) is 2. The Hall–Kier alpha value is -4.32. The van der Waals surface area contributed by atoms with Gasteiger partial charge in [-0.05, 0) is 72.5 Å². The Labute approximate surface area is 308 Å². The van der Waals surface area contributed by atoms with Crippen LogP contribution in [0.5, 0.6) is 11.5 Å². The molecule has 0 spiro atoms. The number of benzene rings is 4. The lowest BCUT2D eigenvalue weighted by atomic mass is 9.94. The van der Waals surface area contributed by atoms with Gasteiger partial charge in [-0.2, -0.15) is 0 Å². The van der Waals surface area contributed by atoms with Crippen LogP contribution < -0.4 is 19.1 Å². The summed E-state index contributed by atoms with van der Waals surface area (Å²) in [7, 11) is -1.68. The third-order valence-corrected chi connectivity index (χ3v) is 11.4. The molecule has 270 valence electrons. The Kier molecular flexibility index (Phi) is 12.8. The van der Waals surface area contributed by atoms with Crippen molar-refractivity contribution in [2.24, 2.45) is 0 Å². The molecule has 1 aliphatic carbocycles. The van der Waals surface area contributed by atoms with Crippen molar-refractivity contribution in [2.75, 3.05) is 25.1 Å². The van der Waals surface area contributed by atoms with Crippen LogP contribution >= 0.6 is 23.2 Å². The van der Waals surface area contributed by atoms with E-state index in [1.165, 1.54) is 49.5 Å². The molecule has 51 heavy (non-hydrogen) atoms. The number of sulfonamides is 1. The first-order valence-electron chi connectivity index (χ1n) is 16.6. The van der Waals surface area contributed by atoms with Crippen molar-refractivity contribution in [1.82, 2.24) is 10.2 Å². The normalized spacial score (nSPS) is 14.0. The number of rotatable bonds is 14. The third kappa shape index (κ3) is 9.52. The van der Waals surface area contributed by atoms with E-state index in [4.69, 9.17) is 32.7 Å². The molecule has 13 heteroatoms. The van der Waals surface area contributed by atoms with Gasteiger partial charge in [0.25, 0.3) is 10.0 Å². The number of amides is 2. The van der Waals surface area contributed by atoms with Crippen molar-refractivity contribution in [3.05, 3.63) is 118 Å². The van der Waals surface area contributed by atoms with Gasteiger partial charge in [0.2, 0.25) is 11.8 Å². The van der Waals surface area contributed by atoms with Gasteiger partial charge in [0.15, 0.2) is 11.5 Å². The molecule has 0 aliphatic heterocycles. The molecular formula is C38H40Cl2FN3O6S. The van der Waals surface area contributed by atoms with Crippen molar-refractivity contribution >= 4 is 50.7 Å². The highest BCUT2D eigenvalue weighted by molar-refractivity contribution is 7.92.